The number of aliphatic hydroxyl groups is 2. The third-order valence-corrected chi connectivity index (χ3v) is 10.2. The van der Waals surface area contributed by atoms with Crippen molar-refractivity contribution in [3.05, 3.63) is 36.5 Å². The van der Waals surface area contributed by atoms with Gasteiger partial charge < -0.3 is 26.2 Å². The summed E-state index contributed by atoms with van der Waals surface area (Å²) in [7, 11) is -4.40. The molecule has 306 valence electrons. The van der Waals surface area contributed by atoms with Gasteiger partial charge in [-0.05, 0) is 57.8 Å². The lowest BCUT2D eigenvalue weighted by Gasteiger charge is -2.24. The molecule has 0 aliphatic heterocycles. The number of unbranched alkanes of at least 4 members (excludes halogenated alkanes) is 21. The number of carbonyl (C=O) groups is 1. The third-order valence-electron chi connectivity index (χ3n) is 9.24. The molecule has 0 aromatic carbocycles. The number of nitrogens with two attached hydrogens (primary N) is 1. The molecule has 4 unspecified atom stereocenters. The molecule has 4 atom stereocenters. The molecular weight excluding hydrogens is 675 g/mol. The van der Waals surface area contributed by atoms with Gasteiger partial charge >= 0.3 is 7.82 Å². The highest BCUT2D eigenvalue weighted by Gasteiger charge is 2.27. The quantitative estimate of drug-likeness (QED) is 0.0236. The summed E-state index contributed by atoms with van der Waals surface area (Å²) in [6.07, 6.45) is 41.0. The fourth-order valence-electron chi connectivity index (χ4n) is 6.01. The van der Waals surface area contributed by atoms with Crippen molar-refractivity contribution >= 4 is 13.7 Å². The minimum atomic E-state index is -4.40. The number of hydrogen-bond donors (Lipinski definition) is 5. The van der Waals surface area contributed by atoms with Crippen LogP contribution in [0.25, 0.3) is 0 Å². The highest BCUT2D eigenvalue weighted by Crippen LogP contribution is 2.43. The largest absolute Gasteiger partial charge is 0.472 e. The van der Waals surface area contributed by atoms with E-state index < -0.39 is 38.6 Å². The van der Waals surface area contributed by atoms with Crippen LogP contribution < -0.4 is 11.1 Å². The molecule has 0 aliphatic rings. The van der Waals surface area contributed by atoms with E-state index in [1.807, 2.05) is 6.08 Å². The maximum Gasteiger partial charge on any atom is 0.472 e. The standard InChI is InChI=1S/C42H81N2O7P/c1-3-5-7-9-11-13-15-16-17-18-19-20-21-22-23-24-25-27-29-31-33-39(45)37-42(47)44-40(38-51-52(48,49)50-36-35-43)41(46)34-32-30-28-26-14-12-10-8-6-4-2/h14,21-22,26,32,34,39-41,45-46H,3-13,15-20,23-25,27-31,33,35-38,43H2,1-2H3,(H,44,47)(H,48,49)/b22-21-,26-14+,34-32+. The summed E-state index contributed by atoms with van der Waals surface area (Å²) >= 11 is 0. The number of hydrogen-bond acceptors (Lipinski definition) is 7. The first-order valence-corrected chi connectivity index (χ1v) is 22.7. The van der Waals surface area contributed by atoms with E-state index in [1.165, 1.54) is 109 Å². The van der Waals surface area contributed by atoms with Crippen LogP contribution in [0.15, 0.2) is 36.5 Å². The number of phosphoric acid groups is 1. The van der Waals surface area contributed by atoms with Gasteiger partial charge in [0.15, 0.2) is 0 Å². The number of nitrogens with one attached hydrogen (secondary N) is 1. The van der Waals surface area contributed by atoms with Crippen LogP contribution in [0, 0.1) is 0 Å². The van der Waals surface area contributed by atoms with Crippen molar-refractivity contribution in [3.8, 4) is 0 Å². The normalized spacial score (nSPS) is 15.1. The summed E-state index contributed by atoms with van der Waals surface area (Å²) in [5.41, 5.74) is 5.34. The van der Waals surface area contributed by atoms with E-state index in [2.05, 4.69) is 43.5 Å². The second-order valence-corrected chi connectivity index (χ2v) is 15.8. The Morgan fingerprint density at radius 2 is 1.10 bits per heavy atom. The lowest BCUT2D eigenvalue weighted by Crippen LogP contribution is -2.46. The van der Waals surface area contributed by atoms with Crippen LogP contribution in [0.4, 0.5) is 0 Å². The van der Waals surface area contributed by atoms with E-state index in [0.29, 0.717) is 12.8 Å². The molecular formula is C42H81N2O7P. The predicted molar refractivity (Wildman–Crippen MR) is 218 cm³/mol. The Kier molecular flexibility index (Phi) is 37.0. The van der Waals surface area contributed by atoms with Crippen LogP contribution >= 0.6 is 7.82 Å². The molecule has 1 amide bonds. The molecule has 0 radical (unpaired) electrons. The Balaban J connectivity index is 4.25. The summed E-state index contributed by atoms with van der Waals surface area (Å²) in [4.78, 5) is 22.7. The fraction of sp³-hybridized carbons (Fsp3) is 0.833. The first-order valence-electron chi connectivity index (χ1n) is 21.2. The smallest absolute Gasteiger partial charge is 0.393 e. The minimum Gasteiger partial charge on any atom is -0.393 e. The molecule has 0 aromatic heterocycles. The second kappa shape index (κ2) is 38.0. The number of aliphatic hydroxyl groups excluding tert-OH is 2. The predicted octanol–water partition coefficient (Wildman–Crippen LogP) is 10.5. The van der Waals surface area contributed by atoms with Gasteiger partial charge in [0.2, 0.25) is 5.91 Å². The van der Waals surface area contributed by atoms with Crippen molar-refractivity contribution in [2.45, 2.75) is 205 Å². The van der Waals surface area contributed by atoms with E-state index in [4.69, 9.17) is 14.8 Å². The van der Waals surface area contributed by atoms with Gasteiger partial charge in [-0.3, -0.25) is 13.8 Å². The van der Waals surface area contributed by atoms with E-state index in [-0.39, 0.29) is 19.6 Å². The summed E-state index contributed by atoms with van der Waals surface area (Å²) < 4.78 is 22.0. The van der Waals surface area contributed by atoms with Gasteiger partial charge in [-0.25, -0.2) is 4.57 Å². The van der Waals surface area contributed by atoms with Crippen LogP contribution in [-0.4, -0.2) is 59.0 Å². The molecule has 0 rings (SSSR count). The summed E-state index contributed by atoms with van der Waals surface area (Å²) in [5, 5.41) is 23.9. The van der Waals surface area contributed by atoms with Gasteiger partial charge in [0.25, 0.3) is 0 Å². The average molecular weight is 757 g/mol. The topological polar surface area (TPSA) is 151 Å². The van der Waals surface area contributed by atoms with Crippen LogP contribution in [0.1, 0.15) is 187 Å². The van der Waals surface area contributed by atoms with E-state index in [0.717, 1.165) is 44.9 Å². The Bertz CT molecular complexity index is 930. The Hall–Kier alpha value is -1.32. The Labute approximate surface area is 319 Å². The van der Waals surface area contributed by atoms with Gasteiger partial charge in [0.1, 0.15) is 0 Å². The second-order valence-electron chi connectivity index (χ2n) is 14.4. The molecule has 9 nitrogen and oxygen atoms in total. The van der Waals surface area contributed by atoms with Crippen molar-refractivity contribution in [1.29, 1.82) is 0 Å². The van der Waals surface area contributed by atoms with Gasteiger partial charge in [-0.1, -0.05) is 159 Å². The minimum absolute atomic E-state index is 0.0430. The van der Waals surface area contributed by atoms with E-state index in [9.17, 15) is 24.5 Å². The molecule has 0 heterocycles. The highest BCUT2D eigenvalue weighted by molar-refractivity contribution is 7.47. The summed E-state index contributed by atoms with van der Waals surface area (Å²) in [5.74, 6) is -0.463. The molecule has 0 fully saturated rings. The molecule has 0 aliphatic carbocycles. The molecule has 0 spiro atoms. The van der Waals surface area contributed by atoms with E-state index in [1.54, 1.807) is 6.08 Å². The molecule has 10 heteroatoms. The lowest BCUT2D eigenvalue weighted by molar-refractivity contribution is -0.124. The van der Waals surface area contributed by atoms with E-state index >= 15 is 0 Å². The zero-order valence-corrected chi connectivity index (χ0v) is 34.3. The van der Waals surface area contributed by atoms with Crippen LogP contribution in [0.3, 0.4) is 0 Å². The maximum absolute atomic E-state index is 12.8. The molecule has 6 N–H and O–H groups in total. The molecule has 0 saturated heterocycles. The number of amides is 1. The lowest BCUT2D eigenvalue weighted by atomic mass is 10.0. The fourth-order valence-corrected chi connectivity index (χ4v) is 6.77. The number of rotatable bonds is 39. The number of phosphoric ester groups is 1. The van der Waals surface area contributed by atoms with Crippen molar-refractivity contribution < 1.29 is 33.5 Å². The van der Waals surface area contributed by atoms with Gasteiger partial charge in [0.05, 0.1) is 37.9 Å². The molecule has 0 aromatic rings. The van der Waals surface area contributed by atoms with Crippen molar-refractivity contribution in [2.24, 2.45) is 5.73 Å². The summed E-state index contributed by atoms with van der Waals surface area (Å²) in [6, 6.07) is -0.999. The Morgan fingerprint density at radius 3 is 1.62 bits per heavy atom. The first kappa shape index (κ1) is 50.7. The van der Waals surface area contributed by atoms with Crippen LogP contribution in [0.2, 0.25) is 0 Å². The van der Waals surface area contributed by atoms with Crippen molar-refractivity contribution in [1.82, 2.24) is 5.32 Å². The average Bonchev–Trinajstić information content (AvgIpc) is 3.12. The number of carbonyl (C=O) groups excluding carboxylic acids is 1. The SMILES string of the molecule is CCCCCC/C=C/CC/C=C/C(O)C(COP(=O)(O)OCCN)NC(=O)CC(O)CCCCCCC/C=C\CCCCCCCCCCCCC. The van der Waals surface area contributed by atoms with Crippen molar-refractivity contribution in [2.75, 3.05) is 19.8 Å². The molecule has 0 bridgehead atoms. The van der Waals surface area contributed by atoms with Crippen molar-refractivity contribution in [3.63, 3.8) is 0 Å². The van der Waals surface area contributed by atoms with Crippen LogP contribution in [0.5, 0.6) is 0 Å². The summed E-state index contributed by atoms with van der Waals surface area (Å²) in [6.45, 7) is 3.90. The first-order chi connectivity index (χ1) is 25.3. The number of allylic oxidation sites excluding steroid dienone is 5. The molecule has 0 saturated carbocycles. The molecule has 52 heavy (non-hydrogen) atoms. The van der Waals surface area contributed by atoms with Gasteiger partial charge in [-0.15, -0.1) is 0 Å². The maximum atomic E-state index is 12.8. The third kappa shape index (κ3) is 35.7. The zero-order valence-electron chi connectivity index (χ0n) is 33.4. The Morgan fingerprint density at radius 1 is 0.654 bits per heavy atom. The van der Waals surface area contributed by atoms with Gasteiger partial charge in [-0.2, -0.15) is 0 Å². The van der Waals surface area contributed by atoms with Crippen LogP contribution in [-0.2, 0) is 18.4 Å². The monoisotopic (exact) mass is 757 g/mol. The van der Waals surface area contributed by atoms with Gasteiger partial charge in [0, 0.05) is 6.54 Å². The highest BCUT2D eigenvalue weighted by atomic mass is 31.2. The zero-order chi connectivity index (χ0) is 38.4.